The lowest BCUT2D eigenvalue weighted by Crippen LogP contribution is -2.22. The Morgan fingerprint density at radius 2 is 1.65 bits per heavy atom. The van der Waals surface area contributed by atoms with Gasteiger partial charge in [-0.1, -0.05) is 25.1 Å². The lowest BCUT2D eigenvalue weighted by atomic mass is 10.1. The van der Waals surface area contributed by atoms with Crippen LogP contribution in [0, 0.1) is 12.7 Å². The molecular formula is C18H19FN2O2. The van der Waals surface area contributed by atoms with Crippen LogP contribution in [0.3, 0.4) is 0 Å². The first-order chi connectivity index (χ1) is 11.0. The average molecular weight is 314 g/mol. The van der Waals surface area contributed by atoms with Gasteiger partial charge >= 0.3 is 0 Å². The van der Waals surface area contributed by atoms with Crippen molar-refractivity contribution in [3.63, 3.8) is 0 Å². The van der Waals surface area contributed by atoms with E-state index in [2.05, 4.69) is 10.6 Å². The fourth-order valence-electron chi connectivity index (χ4n) is 2.27. The summed E-state index contributed by atoms with van der Waals surface area (Å²) in [5, 5.41) is 5.36. The van der Waals surface area contributed by atoms with E-state index in [1.807, 2.05) is 32.0 Å². The Balaban J connectivity index is 1.97. The molecule has 120 valence electrons. The summed E-state index contributed by atoms with van der Waals surface area (Å²) in [6.07, 6.45) is 0.494. The first kappa shape index (κ1) is 16.7. The second-order valence-electron chi connectivity index (χ2n) is 5.24. The normalized spacial score (nSPS) is 10.2. The highest BCUT2D eigenvalue weighted by atomic mass is 19.1. The third-order valence-corrected chi connectivity index (χ3v) is 3.45. The molecule has 0 aromatic heterocycles. The number of aryl methyl sites for hydroxylation is 2. The number of carbonyl (C=O) groups is 2. The summed E-state index contributed by atoms with van der Waals surface area (Å²) in [5.74, 6) is -1.21. The molecule has 0 fully saturated rings. The number of halogens is 1. The van der Waals surface area contributed by atoms with Crippen LogP contribution in [0.15, 0.2) is 42.5 Å². The van der Waals surface area contributed by atoms with Crippen LogP contribution in [-0.4, -0.2) is 11.8 Å². The molecule has 0 bridgehead atoms. The highest BCUT2D eigenvalue weighted by Crippen LogP contribution is 2.21. The van der Waals surface area contributed by atoms with Gasteiger partial charge in [-0.05, 0) is 48.7 Å². The second-order valence-corrected chi connectivity index (χ2v) is 5.24. The van der Waals surface area contributed by atoms with Gasteiger partial charge in [0.05, 0.1) is 0 Å². The molecule has 2 aromatic carbocycles. The van der Waals surface area contributed by atoms with E-state index in [0.29, 0.717) is 5.69 Å². The standard InChI is InChI=1S/C18H19FN2O2/c1-3-13-6-4-5-12(2)18(13)21-17(23)11-16(22)20-15-9-7-14(19)8-10-15/h4-10H,3,11H2,1-2H3,(H,20,22)(H,21,23). The average Bonchev–Trinajstić information content (AvgIpc) is 2.51. The third kappa shape index (κ3) is 4.64. The summed E-state index contributed by atoms with van der Waals surface area (Å²) in [5.41, 5.74) is 3.19. The fourth-order valence-corrected chi connectivity index (χ4v) is 2.27. The van der Waals surface area contributed by atoms with Crippen molar-refractivity contribution in [1.29, 1.82) is 0 Å². The lowest BCUT2D eigenvalue weighted by Gasteiger charge is -2.13. The molecule has 0 aliphatic rings. The van der Waals surface area contributed by atoms with Crippen molar-refractivity contribution in [2.75, 3.05) is 10.6 Å². The van der Waals surface area contributed by atoms with Crippen molar-refractivity contribution in [3.05, 3.63) is 59.4 Å². The fraction of sp³-hybridized carbons (Fsp3) is 0.222. The van der Waals surface area contributed by atoms with Crippen molar-refractivity contribution in [2.45, 2.75) is 26.7 Å². The van der Waals surface area contributed by atoms with Gasteiger partial charge in [0.15, 0.2) is 0 Å². The van der Waals surface area contributed by atoms with Gasteiger partial charge in [-0.3, -0.25) is 9.59 Å². The van der Waals surface area contributed by atoms with Crippen LogP contribution >= 0.6 is 0 Å². The van der Waals surface area contributed by atoms with Gasteiger partial charge in [0, 0.05) is 11.4 Å². The number of carbonyl (C=O) groups excluding carboxylic acids is 2. The number of nitrogens with one attached hydrogen (secondary N) is 2. The van der Waals surface area contributed by atoms with Gasteiger partial charge in [-0.2, -0.15) is 0 Å². The quantitative estimate of drug-likeness (QED) is 0.827. The molecule has 0 saturated heterocycles. The molecule has 23 heavy (non-hydrogen) atoms. The third-order valence-electron chi connectivity index (χ3n) is 3.45. The van der Waals surface area contributed by atoms with E-state index in [9.17, 15) is 14.0 Å². The number of hydrogen-bond donors (Lipinski definition) is 2. The predicted molar refractivity (Wildman–Crippen MR) is 88.8 cm³/mol. The van der Waals surface area contributed by atoms with E-state index < -0.39 is 5.91 Å². The minimum absolute atomic E-state index is 0.297. The molecule has 0 aliphatic heterocycles. The van der Waals surface area contributed by atoms with Crippen molar-refractivity contribution < 1.29 is 14.0 Å². The minimum Gasteiger partial charge on any atom is -0.326 e. The van der Waals surface area contributed by atoms with Crippen LogP contribution in [0.5, 0.6) is 0 Å². The first-order valence-corrected chi connectivity index (χ1v) is 7.43. The molecule has 2 N–H and O–H groups in total. The summed E-state index contributed by atoms with van der Waals surface area (Å²) in [6.45, 7) is 3.92. The Kier molecular flexibility index (Phi) is 5.46. The number of amides is 2. The number of anilines is 2. The molecule has 0 radical (unpaired) electrons. The van der Waals surface area contributed by atoms with Gasteiger partial charge in [0.25, 0.3) is 0 Å². The minimum atomic E-state index is -0.444. The molecule has 0 atom stereocenters. The van der Waals surface area contributed by atoms with Crippen LogP contribution in [-0.2, 0) is 16.0 Å². The van der Waals surface area contributed by atoms with Crippen LogP contribution in [0.1, 0.15) is 24.5 Å². The predicted octanol–water partition coefficient (Wildman–Crippen LogP) is 3.66. The zero-order chi connectivity index (χ0) is 16.8. The summed E-state index contributed by atoms with van der Waals surface area (Å²) in [7, 11) is 0. The van der Waals surface area contributed by atoms with Gasteiger partial charge in [0.1, 0.15) is 12.2 Å². The number of hydrogen-bond acceptors (Lipinski definition) is 2. The van der Waals surface area contributed by atoms with E-state index in [4.69, 9.17) is 0 Å². The van der Waals surface area contributed by atoms with Crippen molar-refractivity contribution in [3.8, 4) is 0 Å². The largest absolute Gasteiger partial charge is 0.326 e. The van der Waals surface area contributed by atoms with E-state index in [-0.39, 0.29) is 18.1 Å². The Morgan fingerprint density at radius 3 is 2.30 bits per heavy atom. The molecule has 0 spiro atoms. The molecule has 0 saturated carbocycles. The van der Waals surface area contributed by atoms with Crippen molar-refractivity contribution in [2.24, 2.45) is 0 Å². The van der Waals surface area contributed by atoms with Gasteiger partial charge in [-0.25, -0.2) is 4.39 Å². The monoisotopic (exact) mass is 314 g/mol. The van der Waals surface area contributed by atoms with Crippen molar-refractivity contribution >= 4 is 23.2 Å². The van der Waals surface area contributed by atoms with Crippen molar-refractivity contribution in [1.82, 2.24) is 0 Å². The van der Waals surface area contributed by atoms with E-state index >= 15 is 0 Å². The van der Waals surface area contributed by atoms with E-state index in [1.54, 1.807) is 0 Å². The topological polar surface area (TPSA) is 58.2 Å². The van der Waals surface area contributed by atoms with E-state index in [1.165, 1.54) is 24.3 Å². The molecule has 4 nitrogen and oxygen atoms in total. The number of rotatable bonds is 5. The summed E-state index contributed by atoms with van der Waals surface area (Å²) >= 11 is 0. The first-order valence-electron chi connectivity index (χ1n) is 7.43. The SMILES string of the molecule is CCc1cccc(C)c1NC(=O)CC(=O)Nc1ccc(F)cc1. The smallest absolute Gasteiger partial charge is 0.233 e. The molecular weight excluding hydrogens is 295 g/mol. The van der Waals surface area contributed by atoms with Crippen LogP contribution < -0.4 is 10.6 Å². The Labute approximate surface area is 134 Å². The van der Waals surface area contributed by atoms with Crippen LogP contribution in [0.4, 0.5) is 15.8 Å². The molecule has 0 unspecified atom stereocenters. The maximum absolute atomic E-state index is 12.8. The lowest BCUT2D eigenvalue weighted by molar-refractivity contribution is -0.123. The van der Waals surface area contributed by atoms with E-state index in [0.717, 1.165) is 23.2 Å². The van der Waals surface area contributed by atoms with Crippen LogP contribution in [0.2, 0.25) is 0 Å². The summed E-state index contributed by atoms with van der Waals surface area (Å²) < 4.78 is 12.8. The van der Waals surface area contributed by atoms with Crippen LogP contribution in [0.25, 0.3) is 0 Å². The summed E-state index contributed by atoms with van der Waals surface area (Å²) in [6, 6.07) is 11.2. The molecule has 0 heterocycles. The zero-order valence-electron chi connectivity index (χ0n) is 13.2. The maximum Gasteiger partial charge on any atom is 0.233 e. The molecule has 2 rings (SSSR count). The molecule has 0 aliphatic carbocycles. The zero-order valence-corrected chi connectivity index (χ0v) is 13.2. The van der Waals surface area contributed by atoms with Gasteiger partial charge in [0.2, 0.25) is 11.8 Å². The van der Waals surface area contributed by atoms with Gasteiger partial charge in [-0.15, -0.1) is 0 Å². The number of para-hydroxylation sites is 1. The van der Waals surface area contributed by atoms with Gasteiger partial charge < -0.3 is 10.6 Å². The second kappa shape index (κ2) is 7.54. The Bertz CT molecular complexity index is 711. The number of benzene rings is 2. The highest BCUT2D eigenvalue weighted by Gasteiger charge is 2.13. The molecule has 2 aromatic rings. The highest BCUT2D eigenvalue weighted by molar-refractivity contribution is 6.08. The molecule has 5 heteroatoms. The molecule has 2 amide bonds. The Morgan fingerprint density at radius 1 is 1.00 bits per heavy atom. The Hall–Kier alpha value is -2.69. The maximum atomic E-state index is 12.8. The summed E-state index contributed by atoms with van der Waals surface area (Å²) in [4.78, 5) is 23.9.